The van der Waals surface area contributed by atoms with Crippen LogP contribution >= 0.6 is 0 Å². The van der Waals surface area contributed by atoms with E-state index in [4.69, 9.17) is 11.5 Å². The van der Waals surface area contributed by atoms with Gasteiger partial charge in [0.25, 0.3) is 0 Å². The molecule has 0 fully saturated rings. The summed E-state index contributed by atoms with van der Waals surface area (Å²) in [5, 5.41) is 25.4. The van der Waals surface area contributed by atoms with Crippen LogP contribution in [0.4, 0.5) is 0 Å². The quantitative estimate of drug-likeness (QED) is 0.149. The molecule has 172 valence electrons. The van der Waals surface area contributed by atoms with Crippen molar-refractivity contribution >= 4 is 29.6 Å². The molecule has 0 aliphatic rings. The fourth-order valence-corrected chi connectivity index (χ4v) is 2.39. The first-order valence-electron chi connectivity index (χ1n) is 9.30. The zero-order valence-corrected chi connectivity index (χ0v) is 16.8. The lowest BCUT2D eigenvalue weighted by Gasteiger charge is -2.21. The number of nitrogens with two attached hydrogens (primary N) is 2. The number of carbonyl (C=O) groups is 5. The summed E-state index contributed by atoms with van der Waals surface area (Å²) in [6, 6.07) is -3.85. The van der Waals surface area contributed by atoms with Crippen molar-refractivity contribution in [3.05, 3.63) is 18.2 Å². The van der Waals surface area contributed by atoms with Crippen LogP contribution in [-0.4, -0.2) is 80.6 Å². The summed E-state index contributed by atoms with van der Waals surface area (Å²) < 4.78 is 0. The Hall–Kier alpha value is -3.52. The van der Waals surface area contributed by atoms with E-state index in [0.29, 0.717) is 5.69 Å². The lowest BCUT2D eigenvalue weighted by Crippen LogP contribution is -2.55. The number of carbonyl (C=O) groups excluding carboxylic acids is 4. The average Bonchev–Trinajstić information content (AvgIpc) is 3.20. The van der Waals surface area contributed by atoms with E-state index in [1.54, 1.807) is 0 Å². The molecule has 1 heterocycles. The van der Waals surface area contributed by atoms with Gasteiger partial charge in [-0.3, -0.25) is 19.2 Å². The van der Waals surface area contributed by atoms with Gasteiger partial charge in [-0.2, -0.15) is 0 Å². The van der Waals surface area contributed by atoms with E-state index in [9.17, 15) is 34.2 Å². The van der Waals surface area contributed by atoms with Gasteiger partial charge in [0.2, 0.25) is 23.6 Å². The number of H-pyrrole nitrogens is 1. The second-order valence-corrected chi connectivity index (χ2v) is 6.79. The van der Waals surface area contributed by atoms with E-state index in [1.807, 2.05) is 0 Å². The van der Waals surface area contributed by atoms with Gasteiger partial charge in [0.05, 0.1) is 19.0 Å². The summed E-state index contributed by atoms with van der Waals surface area (Å²) in [5.41, 5.74) is 11.0. The van der Waals surface area contributed by atoms with E-state index < -0.39 is 60.4 Å². The van der Waals surface area contributed by atoms with E-state index >= 15 is 0 Å². The summed E-state index contributed by atoms with van der Waals surface area (Å²) in [6.07, 6.45) is 1.10. The van der Waals surface area contributed by atoms with Crippen LogP contribution in [0.1, 0.15) is 25.5 Å². The molecule has 14 nitrogen and oxygen atoms in total. The van der Waals surface area contributed by atoms with Crippen LogP contribution in [0.25, 0.3) is 0 Å². The van der Waals surface area contributed by atoms with Crippen molar-refractivity contribution < 1.29 is 34.2 Å². The first-order chi connectivity index (χ1) is 14.5. The van der Waals surface area contributed by atoms with Gasteiger partial charge in [-0.1, -0.05) is 0 Å². The molecule has 31 heavy (non-hydrogen) atoms. The van der Waals surface area contributed by atoms with Crippen molar-refractivity contribution in [2.45, 2.75) is 50.4 Å². The number of aromatic amines is 1. The molecule has 4 atom stereocenters. The number of aromatic nitrogens is 2. The Labute approximate surface area is 177 Å². The summed E-state index contributed by atoms with van der Waals surface area (Å²) >= 11 is 0. The van der Waals surface area contributed by atoms with Crippen molar-refractivity contribution in [2.24, 2.45) is 11.5 Å². The van der Waals surface area contributed by atoms with Gasteiger partial charge in [0.15, 0.2) is 0 Å². The largest absolute Gasteiger partial charge is 0.480 e. The Kier molecular flexibility index (Phi) is 10.1. The van der Waals surface area contributed by atoms with E-state index in [-0.39, 0.29) is 19.3 Å². The maximum atomic E-state index is 12.6. The highest BCUT2D eigenvalue weighted by atomic mass is 16.4. The number of imidazole rings is 1. The standard InChI is InChI=1S/C17H27N7O7/c1-8(25)14(19)16(29)21-6-13(27)23-11(4-9-5-20-7-22-9)15(28)24-10(17(30)31)2-3-12(18)26/h5,7-8,10-11,14,25H,2-4,6,19H2,1H3,(H2,18,26)(H,20,22)(H,21,29)(H,23,27)(H,24,28)(H,30,31). The molecule has 0 saturated carbocycles. The second kappa shape index (κ2) is 12.2. The number of amides is 4. The van der Waals surface area contributed by atoms with Crippen LogP contribution in [0.2, 0.25) is 0 Å². The van der Waals surface area contributed by atoms with Gasteiger partial charge in [0.1, 0.15) is 18.1 Å². The molecule has 4 unspecified atom stereocenters. The molecule has 1 aromatic heterocycles. The minimum Gasteiger partial charge on any atom is -0.480 e. The van der Waals surface area contributed by atoms with Crippen molar-refractivity contribution in [3.63, 3.8) is 0 Å². The van der Waals surface area contributed by atoms with Crippen molar-refractivity contribution in [2.75, 3.05) is 6.54 Å². The number of hydrogen-bond donors (Lipinski definition) is 8. The third kappa shape index (κ3) is 9.22. The molecule has 0 aromatic carbocycles. The Bertz CT molecular complexity index is 782. The van der Waals surface area contributed by atoms with Gasteiger partial charge >= 0.3 is 5.97 Å². The number of hydrogen-bond acceptors (Lipinski definition) is 8. The first-order valence-corrected chi connectivity index (χ1v) is 9.30. The number of carboxylic acid groups (broad SMARTS) is 1. The number of primary amides is 1. The van der Waals surface area contributed by atoms with Gasteiger partial charge in [0, 0.05) is 24.7 Å². The maximum Gasteiger partial charge on any atom is 0.326 e. The number of aliphatic hydroxyl groups excluding tert-OH is 1. The van der Waals surface area contributed by atoms with Crippen molar-refractivity contribution in [1.82, 2.24) is 25.9 Å². The molecule has 0 spiro atoms. The second-order valence-electron chi connectivity index (χ2n) is 6.79. The van der Waals surface area contributed by atoms with Gasteiger partial charge in [-0.15, -0.1) is 0 Å². The third-order valence-corrected chi connectivity index (χ3v) is 4.17. The van der Waals surface area contributed by atoms with E-state index in [0.717, 1.165) is 0 Å². The fourth-order valence-electron chi connectivity index (χ4n) is 2.39. The monoisotopic (exact) mass is 441 g/mol. The molecule has 14 heteroatoms. The molecule has 0 radical (unpaired) electrons. The number of rotatable bonds is 13. The summed E-state index contributed by atoms with van der Waals surface area (Å²) in [4.78, 5) is 65.4. The Morgan fingerprint density at radius 2 is 1.84 bits per heavy atom. The highest BCUT2D eigenvalue weighted by Crippen LogP contribution is 2.03. The van der Waals surface area contributed by atoms with Crippen LogP contribution < -0.4 is 27.4 Å². The summed E-state index contributed by atoms with van der Waals surface area (Å²) in [6.45, 7) is 0.780. The van der Waals surface area contributed by atoms with E-state index in [2.05, 4.69) is 25.9 Å². The van der Waals surface area contributed by atoms with Crippen molar-refractivity contribution in [3.8, 4) is 0 Å². The predicted octanol–water partition coefficient (Wildman–Crippen LogP) is -3.90. The fraction of sp³-hybridized carbons (Fsp3) is 0.529. The van der Waals surface area contributed by atoms with E-state index in [1.165, 1.54) is 19.4 Å². The zero-order valence-electron chi connectivity index (χ0n) is 16.8. The molecule has 10 N–H and O–H groups in total. The minimum absolute atomic E-state index is 0.0547. The van der Waals surface area contributed by atoms with Crippen LogP contribution in [0.3, 0.4) is 0 Å². The molecule has 4 amide bonds. The van der Waals surface area contributed by atoms with Gasteiger partial charge < -0.3 is 42.6 Å². The molecule has 0 aliphatic heterocycles. The number of carboxylic acids is 1. The number of nitrogens with zero attached hydrogens (tertiary/aromatic N) is 1. The summed E-state index contributed by atoms with van der Waals surface area (Å²) in [7, 11) is 0. The lowest BCUT2D eigenvalue weighted by molar-refractivity contribution is -0.142. The smallest absolute Gasteiger partial charge is 0.326 e. The number of aliphatic carboxylic acids is 1. The lowest BCUT2D eigenvalue weighted by atomic mass is 10.1. The maximum absolute atomic E-state index is 12.6. The Morgan fingerprint density at radius 3 is 2.35 bits per heavy atom. The van der Waals surface area contributed by atoms with Crippen LogP contribution in [0, 0.1) is 0 Å². The normalized spacial score (nSPS) is 14.5. The number of aliphatic hydroxyl groups is 1. The molecule has 0 aliphatic carbocycles. The SMILES string of the molecule is CC(O)C(N)C(=O)NCC(=O)NC(Cc1cnc[nH]1)C(=O)NC(CCC(N)=O)C(=O)O. The highest BCUT2D eigenvalue weighted by molar-refractivity contribution is 5.92. The molecule has 1 rings (SSSR count). The predicted molar refractivity (Wildman–Crippen MR) is 105 cm³/mol. The Morgan fingerprint density at radius 1 is 1.16 bits per heavy atom. The highest BCUT2D eigenvalue weighted by Gasteiger charge is 2.28. The Balaban J connectivity index is 2.80. The van der Waals surface area contributed by atoms with Crippen LogP contribution in [-0.2, 0) is 30.4 Å². The van der Waals surface area contributed by atoms with Gasteiger partial charge in [-0.25, -0.2) is 9.78 Å². The topological polar surface area (TPSA) is 243 Å². The molecule has 1 aromatic rings. The average molecular weight is 441 g/mol. The zero-order chi connectivity index (χ0) is 23.6. The molecular weight excluding hydrogens is 414 g/mol. The van der Waals surface area contributed by atoms with Gasteiger partial charge in [-0.05, 0) is 13.3 Å². The third-order valence-electron chi connectivity index (χ3n) is 4.17. The molecular formula is C17H27N7O7. The van der Waals surface area contributed by atoms with Crippen LogP contribution in [0.5, 0.6) is 0 Å². The minimum atomic E-state index is -1.40. The van der Waals surface area contributed by atoms with Crippen LogP contribution in [0.15, 0.2) is 12.5 Å². The van der Waals surface area contributed by atoms with Crippen molar-refractivity contribution in [1.29, 1.82) is 0 Å². The first kappa shape index (κ1) is 25.5. The summed E-state index contributed by atoms with van der Waals surface area (Å²) in [5.74, 6) is -4.45. The molecule has 0 saturated heterocycles. The molecule has 0 bridgehead atoms. The number of nitrogens with one attached hydrogen (secondary N) is 4.